The highest BCUT2D eigenvalue weighted by Gasteiger charge is 2.40. The second-order valence-corrected chi connectivity index (χ2v) is 7.43. The Hall–Kier alpha value is -3.54. The molecule has 3 amide bonds. The van der Waals surface area contributed by atoms with Gasteiger partial charge in [0.2, 0.25) is 17.7 Å². The Balaban J connectivity index is 2.35. The lowest BCUT2D eigenvalue weighted by atomic mass is 9.87. The summed E-state index contributed by atoms with van der Waals surface area (Å²) in [5.41, 5.74) is 5.68. The number of aliphatic hydroxyl groups excluding tert-OH is 1. The smallest absolute Gasteiger partial charge is 0.306 e. The number of carbonyl (C=O) groups is 4. The lowest BCUT2D eigenvalue weighted by Crippen LogP contribution is -2.54. The van der Waals surface area contributed by atoms with Crippen molar-refractivity contribution in [3.05, 3.63) is 39.9 Å². The standard InChI is InChI=1S/C20H26N4O8/c1-3-32-17(27)9-15(12-4-6-13(7-5-12)24(30)31)18(19(21)28)22-20(29)16-8-14(26)10-23(16)11(2)25/h4-7,14-16,18,26H,3,8-10H2,1-2H3,(H2,21,28)(H,22,29)/t14-,15-,16+,18-/m1/s1. The first-order chi connectivity index (χ1) is 15.0. The average molecular weight is 450 g/mol. The molecule has 0 aliphatic carbocycles. The zero-order chi connectivity index (χ0) is 24.0. The fraction of sp³-hybridized carbons (Fsp3) is 0.500. The van der Waals surface area contributed by atoms with Crippen LogP contribution in [0.1, 0.15) is 38.2 Å². The Kier molecular flexibility index (Phi) is 8.24. The molecule has 0 aromatic heterocycles. The van der Waals surface area contributed by atoms with Crippen LogP contribution in [0.5, 0.6) is 0 Å². The molecule has 2 rings (SSSR count). The molecule has 1 aromatic carbocycles. The van der Waals surface area contributed by atoms with Gasteiger partial charge in [0, 0.05) is 37.9 Å². The normalized spacial score (nSPS) is 19.7. The number of amides is 3. The van der Waals surface area contributed by atoms with E-state index < -0.39 is 52.7 Å². The maximum absolute atomic E-state index is 12.9. The van der Waals surface area contributed by atoms with Gasteiger partial charge in [-0.1, -0.05) is 12.1 Å². The van der Waals surface area contributed by atoms with E-state index in [1.807, 2.05) is 0 Å². The third-order valence-corrected chi connectivity index (χ3v) is 5.22. The molecule has 4 atom stereocenters. The number of nitro groups is 1. The monoisotopic (exact) mass is 450 g/mol. The number of hydrogen-bond donors (Lipinski definition) is 3. The van der Waals surface area contributed by atoms with Gasteiger partial charge in [0.1, 0.15) is 12.1 Å². The van der Waals surface area contributed by atoms with Gasteiger partial charge in [-0.15, -0.1) is 0 Å². The summed E-state index contributed by atoms with van der Waals surface area (Å²) in [6.45, 7) is 2.93. The van der Waals surface area contributed by atoms with Crippen LogP contribution in [0.3, 0.4) is 0 Å². The number of benzene rings is 1. The quantitative estimate of drug-likeness (QED) is 0.257. The van der Waals surface area contributed by atoms with Crippen LogP contribution in [-0.4, -0.2) is 70.0 Å². The fourth-order valence-corrected chi connectivity index (χ4v) is 3.70. The van der Waals surface area contributed by atoms with E-state index in [1.165, 1.54) is 36.1 Å². The number of nitrogens with two attached hydrogens (primary N) is 1. The number of primary amides is 1. The van der Waals surface area contributed by atoms with Gasteiger partial charge in [-0.2, -0.15) is 0 Å². The van der Waals surface area contributed by atoms with E-state index in [4.69, 9.17) is 10.5 Å². The minimum Gasteiger partial charge on any atom is -0.466 e. The van der Waals surface area contributed by atoms with Gasteiger partial charge in [0.15, 0.2) is 0 Å². The molecule has 0 unspecified atom stereocenters. The van der Waals surface area contributed by atoms with Gasteiger partial charge in [-0.3, -0.25) is 29.3 Å². The fourth-order valence-electron chi connectivity index (χ4n) is 3.70. The Bertz CT molecular complexity index is 888. The largest absolute Gasteiger partial charge is 0.466 e. The number of aliphatic hydroxyl groups is 1. The summed E-state index contributed by atoms with van der Waals surface area (Å²) >= 11 is 0. The van der Waals surface area contributed by atoms with Gasteiger partial charge < -0.3 is 25.8 Å². The van der Waals surface area contributed by atoms with Crippen LogP contribution in [0, 0.1) is 10.1 Å². The molecule has 0 radical (unpaired) electrons. The molecule has 0 bridgehead atoms. The summed E-state index contributed by atoms with van der Waals surface area (Å²) in [4.78, 5) is 60.7. The highest BCUT2D eigenvalue weighted by molar-refractivity contribution is 5.92. The summed E-state index contributed by atoms with van der Waals surface area (Å²) in [6, 6.07) is 2.76. The molecular formula is C20H26N4O8. The van der Waals surface area contributed by atoms with Crippen LogP contribution >= 0.6 is 0 Å². The molecule has 1 aliphatic rings. The number of ether oxygens (including phenoxy) is 1. The van der Waals surface area contributed by atoms with Crippen molar-refractivity contribution < 1.29 is 33.9 Å². The maximum Gasteiger partial charge on any atom is 0.306 e. The van der Waals surface area contributed by atoms with E-state index >= 15 is 0 Å². The predicted molar refractivity (Wildman–Crippen MR) is 110 cm³/mol. The molecule has 32 heavy (non-hydrogen) atoms. The van der Waals surface area contributed by atoms with Gasteiger partial charge in [0.05, 0.1) is 24.1 Å². The molecule has 0 spiro atoms. The molecular weight excluding hydrogens is 424 g/mol. The second kappa shape index (κ2) is 10.7. The third-order valence-electron chi connectivity index (χ3n) is 5.22. The molecule has 0 saturated carbocycles. The summed E-state index contributed by atoms with van der Waals surface area (Å²) in [5.74, 6) is -3.71. The van der Waals surface area contributed by atoms with Gasteiger partial charge in [-0.05, 0) is 12.5 Å². The number of likely N-dealkylation sites (tertiary alicyclic amines) is 1. The van der Waals surface area contributed by atoms with E-state index in [-0.39, 0.29) is 31.7 Å². The summed E-state index contributed by atoms with van der Waals surface area (Å²) in [5, 5.41) is 23.3. The molecule has 1 saturated heterocycles. The van der Waals surface area contributed by atoms with Crippen molar-refractivity contribution in [2.24, 2.45) is 5.73 Å². The van der Waals surface area contributed by atoms with E-state index in [1.54, 1.807) is 6.92 Å². The van der Waals surface area contributed by atoms with Crippen LogP contribution in [-0.2, 0) is 23.9 Å². The van der Waals surface area contributed by atoms with E-state index in [0.717, 1.165) is 0 Å². The molecule has 174 valence electrons. The number of nitrogens with one attached hydrogen (secondary N) is 1. The van der Waals surface area contributed by atoms with Crippen molar-refractivity contribution >= 4 is 29.4 Å². The van der Waals surface area contributed by atoms with Gasteiger partial charge >= 0.3 is 5.97 Å². The van der Waals surface area contributed by atoms with E-state index in [2.05, 4.69) is 5.32 Å². The number of rotatable bonds is 9. The minimum absolute atomic E-state index is 0.0169. The number of nitro benzene ring substituents is 1. The number of hydrogen-bond acceptors (Lipinski definition) is 8. The van der Waals surface area contributed by atoms with Crippen molar-refractivity contribution in [3.63, 3.8) is 0 Å². The number of β-amino-alcohol motifs (C(OH)–C–C–N with tert-alkyl or cyclic N) is 1. The minimum atomic E-state index is -1.38. The Morgan fingerprint density at radius 2 is 1.94 bits per heavy atom. The number of non-ortho nitro benzene ring substituents is 1. The number of esters is 1. The molecule has 12 nitrogen and oxygen atoms in total. The van der Waals surface area contributed by atoms with Crippen molar-refractivity contribution in [2.45, 2.75) is 50.8 Å². The number of nitrogens with zero attached hydrogens (tertiary/aromatic N) is 2. The maximum atomic E-state index is 12.9. The molecule has 1 heterocycles. The van der Waals surface area contributed by atoms with Crippen molar-refractivity contribution in [1.29, 1.82) is 0 Å². The molecule has 1 aromatic rings. The van der Waals surface area contributed by atoms with Crippen molar-refractivity contribution in [1.82, 2.24) is 10.2 Å². The predicted octanol–water partition coefficient (Wildman–Crippen LogP) is -0.417. The number of carbonyl (C=O) groups excluding carboxylic acids is 4. The SMILES string of the molecule is CCOC(=O)C[C@H](c1ccc([N+](=O)[O-])cc1)[C@@H](NC(=O)[C@@H]1C[C@@H](O)CN1C(C)=O)C(N)=O. The van der Waals surface area contributed by atoms with Crippen LogP contribution in [0.25, 0.3) is 0 Å². The topological polar surface area (TPSA) is 182 Å². The lowest BCUT2D eigenvalue weighted by Gasteiger charge is -2.28. The Morgan fingerprint density at radius 3 is 2.44 bits per heavy atom. The molecule has 4 N–H and O–H groups in total. The molecule has 12 heteroatoms. The third kappa shape index (κ3) is 6.00. The van der Waals surface area contributed by atoms with Crippen LogP contribution in [0.15, 0.2) is 24.3 Å². The Labute approximate surface area is 183 Å². The highest BCUT2D eigenvalue weighted by Crippen LogP contribution is 2.27. The summed E-state index contributed by atoms with van der Waals surface area (Å²) in [7, 11) is 0. The summed E-state index contributed by atoms with van der Waals surface area (Å²) < 4.78 is 4.96. The first kappa shape index (κ1) is 24.7. The highest BCUT2D eigenvalue weighted by atomic mass is 16.6. The first-order valence-corrected chi connectivity index (χ1v) is 10.00. The van der Waals surface area contributed by atoms with E-state index in [9.17, 15) is 34.4 Å². The van der Waals surface area contributed by atoms with Gasteiger partial charge in [0.25, 0.3) is 5.69 Å². The van der Waals surface area contributed by atoms with Crippen LogP contribution in [0.4, 0.5) is 5.69 Å². The Morgan fingerprint density at radius 1 is 1.31 bits per heavy atom. The van der Waals surface area contributed by atoms with E-state index in [0.29, 0.717) is 5.56 Å². The summed E-state index contributed by atoms with van der Waals surface area (Å²) in [6.07, 6.45) is -1.24. The first-order valence-electron chi connectivity index (χ1n) is 10.00. The van der Waals surface area contributed by atoms with Crippen LogP contribution in [0.2, 0.25) is 0 Å². The van der Waals surface area contributed by atoms with Crippen LogP contribution < -0.4 is 11.1 Å². The zero-order valence-corrected chi connectivity index (χ0v) is 17.7. The zero-order valence-electron chi connectivity index (χ0n) is 17.7. The second-order valence-electron chi connectivity index (χ2n) is 7.43. The molecule has 1 fully saturated rings. The van der Waals surface area contributed by atoms with Crippen molar-refractivity contribution in [3.8, 4) is 0 Å². The van der Waals surface area contributed by atoms with Crippen molar-refractivity contribution in [2.75, 3.05) is 13.2 Å². The average Bonchev–Trinajstić information content (AvgIpc) is 3.12. The van der Waals surface area contributed by atoms with Gasteiger partial charge in [-0.25, -0.2) is 0 Å². The lowest BCUT2D eigenvalue weighted by molar-refractivity contribution is -0.384. The molecule has 1 aliphatic heterocycles.